The predicted molar refractivity (Wildman–Crippen MR) is 152 cm³/mol. The average Bonchev–Trinajstić information content (AvgIpc) is 3.26. The third kappa shape index (κ3) is 4.68. The highest BCUT2D eigenvalue weighted by Crippen LogP contribution is 2.34. The van der Waals surface area contributed by atoms with E-state index >= 15 is 4.39 Å². The van der Waals surface area contributed by atoms with Crippen molar-refractivity contribution in [3.8, 4) is 5.69 Å². The molecule has 0 radical (unpaired) electrons. The molecule has 1 atom stereocenters. The molecule has 5 rings (SSSR count). The summed E-state index contributed by atoms with van der Waals surface area (Å²) in [5.74, 6) is -1.29. The van der Waals surface area contributed by atoms with E-state index in [1.807, 2.05) is 30.7 Å². The lowest BCUT2D eigenvalue weighted by Crippen LogP contribution is -2.32. The summed E-state index contributed by atoms with van der Waals surface area (Å²) in [5, 5.41) is 0.719. The Hall–Kier alpha value is -4.31. The fraction of sp³-hybridized carbons (Fsp3) is 0.300. The van der Waals surface area contributed by atoms with Crippen molar-refractivity contribution in [3.05, 3.63) is 93.2 Å². The number of hydrogen-bond donors (Lipinski definition) is 1. The third-order valence-corrected chi connectivity index (χ3v) is 7.72. The molecule has 8 nitrogen and oxygen atoms in total. The maximum atomic E-state index is 15.2. The second kappa shape index (κ2) is 10.3. The molecule has 1 amide bonds. The van der Waals surface area contributed by atoms with E-state index in [1.54, 1.807) is 32.4 Å². The molecule has 1 aromatic carbocycles. The van der Waals surface area contributed by atoms with Gasteiger partial charge < -0.3 is 15.2 Å². The van der Waals surface area contributed by atoms with E-state index in [1.165, 1.54) is 15.5 Å². The Labute approximate surface area is 230 Å². The summed E-state index contributed by atoms with van der Waals surface area (Å²) in [6.45, 7) is 5.24. The highest BCUT2D eigenvalue weighted by Gasteiger charge is 2.25. The highest BCUT2D eigenvalue weighted by atomic mass is 19.1. The number of benzene rings is 1. The lowest BCUT2D eigenvalue weighted by atomic mass is 9.92. The molecule has 0 saturated carbocycles. The van der Waals surface area contributed by atoms with Gasteiger partial charge >= 0.3 is 0 Å². The van der Waals surface area contributed by atoms with Crippen molar-refractivity contribution in [3.63, 3.8) is 0 Å². The summed E-state index contributed by atoms with van der Waals surface area (Å²) in [6.07, 6.45) is 5.39. The van der Waals surface area contributed by atoms with Crippen molar-refractivity contribution < 1.29 is 13.6 Å². The van der Waals surface area contributed by atoms with Crippen LogP contribution in [0.1, 0.15) is 46.6 Å². The van der Waals surface area contributed by atoms with Crippen LogP contribution in [-0.4, -0.2) is 57.0 Å². The number of rotatable bonds is 5. The van der Waals surface area contributed by atoms with Gasteiger partial charge in [-0.25, -0.2) is 13.8 Å². The molecular formula is C30H32F2N6O2. The van der Waals surface area contributed by atoms with Gasteiger partial charge in [0.1, 0.15) is 11.5 Å². The van der Waals surface area contributed by atoms with Crippen LogP contribution in [0.4, 0.5) is 14.5 Å². The summed E-state index contributed by atoms with van der Waals surface area (Å²) in [4.78, 5) is 33.2. The Morgan fingerprint density at radius 3 is 2.55 bits per heavy atom. The summed E-state index contributed by atoms with van der Waals surface area (Å²) >= 11 is 0. The van der Waals surface area contributed by atoms with E-state index in [9.17, 15) is 14.0 Å². The minimum Gasteiger partial charge on any atom is -0.396 e. The summed E-state index contributed by atoms with van der Waals surface area (Å²) in [5.41, 5.74) is 9.67. The predicted octanol–water partition coefficient (Wildman–Crippen LogP) is 4.45. The number of aryl methyl sites for hydroxylation is 2. The van der Waals surface area contributed by atoms with Crippen molar-refractivity contribution in [2.45, 2.75) is 26.3 Å². The smallest absolute Gasteiger partial charge is 0.257 e. The fourth-order valence-corrected chi connectivity index (χ4v) is 5.53. The average molecular weight is 547 g/mol. The number of fused-ring (bicyclic) bond motifs is 1. The first-order chi connectivity index (χ1) is 19.0. The third-order valence-electron chi connectivity index (χ3n) is 7.72. The SMILES string of the molecule is Cc1cc(C(=O)N(C)C)cc(F)c1C1=CCN([C@@H](C)c2cc3c(-n4cc(F)c(N)cc4=O)ccnc3n2C)CC1. The summed E-state index contributed by atoms with van der Waals surface area (Å²) < 4.78 is 32.6. The number of carbonyl (C=O) groups is 1. The molecule has 4 heterocycles. The first-order valence-electron chi connectivity index (χ1n) is 13.1. The van der Waals surface area contributed by atoms with Gasteiger partial charge in [0.25, 0.3) is 11.5 Å². The van der Waals surface area contributed by atoms with Crippen molar-refractivity contribution >= 4 is 28.2 Å². The number of nitrogens with zero attached hydrogens (tertiary/aromatic N) is 5. The molecule has 3 aromatic heterocycles. The quantitative estimate of drug-likeness (QED) is 0.400. The van der Waals surface area contributed by atoms with Crippen molar-refractivity contribution in [1.29, 1.82) is 0 Å². The van der Waals surface area contributed by atoms with E-state index in [0.717, 1.165) is 34.5 Å². The summed E-state index contributed by atoms with van der Waals surface area (Å²) in [7, 11) is 5.21. The van der Waals surface area contributed by atoms with Gasteiger partial charge in [-0.05, 0) is 55.7 Å². The Bertz CT molecular complexity index is 1710. The molecule has 0 spiro atoms. The summed E-state index contributed by atoms with van der Waals surface area (Å²) in [6, 6.07) is 7.78. The molecule has 0 aliphatic carbocycles. The molecule has 10 heteroatoms. The topological polar surface area (TPSA) is 89.4 Å². The largest absolute Gasteiger partial charge is 0.396 e. The molecule has 40 heavy (non-hydrogen) atoms. The molecule has 0 fully saturated rings. The maximum absolute atomic E-state index is 15.2. The van der Waals surface area contributed by atoms with Gasteiger partial charge in [0.05, 0.1) is 17.6 Å². The number of halogens is 2. The number of nitrogen functional groups attached to an aromatic ring is 1. The Kier molecular flexibility index (Phi) is 7.05. The fourth-order valence-electron chi connectivity index (χ4n) is 5.53. The second-order valence-corrected chi connectivity index (χ2v) is 10.5. The lowest BCUT2D eigenvalue weighted by Gasteiger charge is -2.32. The van der Waals surface area contributed by atoms with Crippen LogP contribution in [0, 0.1) is 18.6 Å². The van der Waals surface area contributed by atoms with Gasteiger partial charge in [-0.15, -0.1) is 0 Å². The standard InChI is InChI=1S/C30H32F2N6O2/c1-17-12-20(30(40)35(3)4)13-22(31)28(17)19-7-10-37(11-8-19)18(2)26-14-21-25(6-9-34-29(21)36(26)5)38-16-23(32)24(33)15-27(38)39/h6-7,9,12-16,18H,8,10-11,33H2,1-5H3/t18-/m0/s1. The lowest BCUT2D eigenvalue weighted by molar-refractivity contribution is 0.0827. The van der Waals surface area contributed by atoms with Crippen LogP contribution in [0.3, 0.4) is 0 Å². The monoisotopic (exact) mass is 546 g/mol. The minimum absolute atomic E-state index is 0.0178. The minimum atomic E-state index is -0.671. The van der Waals surface area contributed by atoms with Gasteiger partial charge in [-0.3, -0.25) is 19.1 Å². The number of pyridine rings is 2. The highest BCUT2D eigenvalue weighted by molar-refractivity contribution is 5.94. The molecule has 4 aromatic rings. The zero-order valence-corrected chi connectivity index (χ0v) is 23.2. The van der Waals surface area contributed by atoms with Gasteiger partial charge in [-0.1, -0.05) is 6.08 Å². The van der Waals surface area contributed by atoms with Crippen LogP contribution < -0.4 is 11.3 Å². The zero-order valence-electron chi connectivity index (χ0n) is 23.2. The van der Waals surface area contributed by atoms with E-state index in [-0.39, 0.29) is 23.5 Å². The molecule has 0 bridgehead atoms. The van der Waals surface area contributed by atoms with E-state index in [4.69, 9.17) is 5.73 Å². The van der Waals surface area contributed by atoms with Crippen LogP contribution in [0.15, 0.2) is 53.6 Å². The van der Waals surface area contributed by atoms with Crippen molar-refractivity contribution in [2.24, 2.45) is 7.05 Å². The number of amides is 1. The number of aromatic nitrogens is 3. The normalized spacial score (nSPS) is 14.8. The molecular weight excluding hydrogens is 514 g/mol. The Morgan fingerprint density at radius 2 is 1.90 bits per heavy atom. The zero-order chi connectivity index (χ0) is 28.9. The van der Waals surface area contributed by atoms with Crippen LogP contribution >= 0.6 is 0 Å². The Balaban J connectivity index is 1.44. The van der Waals surface area contributed by atoms with Gasteiger partial charge in [0.15, 0.2) is 5.82 Å². The number of nitrogens with two attached hydrogens (primary N) is 1. The number of anilines is 1. The van der Waals surface area contributed by atoms with E-state index < -0.39 is 11.4 Å². The van der Waals surface area contributed by atoms with Crippen LogP contribution in [0.25, 0.3) is 22.3 Å². The Morgan fingerprint density at radius 1 is 1.15 bits per heavy atom. The molecule has 1 aliphatic rings. The first-order valence-corrected chi connectivity index (χ1v) is 13.1. The van der Waals surface area contributed by atoms with Gasteiger partial charge in [-0.2, -0.15) is 0 Å². The van der Waals surface area contributed by atoms with Crippen LogP contribution in [0.5, 0.6) is 0 Å². The molecule has 0 saturated heterocycles. The number of hydrogen-bond acceptors (Lipinski definition) is 5. The second-order valence-electron chi connectivity index (χ2n) is 10.5. The van der Waals surface area contributed by atoms with Crippen molar-refractivity contribution in [1.82, 2.24) is 23.9 Å². The van der Waals surface area contributed by atoms with E-state index in [0.29, 0.717) is 42.0 Å². The molecule has 1 aliphatic heterocycles. The van der Waals surface area contributed by atoms with Gasteiger partial charge in [0, 0.05) is 74.7 Å². The molecule has 208 valence electrons. The number of carbonyl (C=O) groups excluding carboxylic acids is 1. The van der Waals surface area contributed by atoms with Gasteiger partial charge in [0.2, 0.25) is 0 Å². The molecule has 2 N–H and O–H groups in total. The van der Waals surface area contributed by atoms with E-state index in [2.05, 4.69) is 16.8 Å². The van der Waals surface area contributed by atoms with Crippen LogP contribution in [0.2, 0.25) is 0 Å². The van der Waals surface area contributed by atoms with Crippen LogP contribution in [-0.2, 0) is 7.05 Å². The van der Waals surface area contributed by atoms with Crippen molar-refractivity contribution in [2.75, 3.05) is 32.9 Å². The first kappa shape index (κ1) is 27.3. The maximum Gasteiger partial charge on any atom is 0.257 e. The molecule has 0 unspecified atom stereocenters.